The second-order valence-corrected chi connectivity index (χ2v) is 4.82. The minimum Gasteiger partial charge on any atom is -0.466 e. The van der Waals surface area contributed by atoms with Crippen LogP contribution in [-0.2, 0) is 25.5 Å². The molecule has 0 aromatic heterocycles. The number of carbonyl (C=O) groups is 3. The lowest BCUT2D eigenvalue weighted by Crippen LogP contribution is -2.62. The van der Waals surface area contributed by atoms with Gasteiger partial charge in [-0.1, -0.05) is 30.3 Å². The third-order valence-electron chi connectivity index (χ3n) is 3.22. The molecular weight excluding hydrogens is 272 g/mol. The van der Waals surface area contributed by atoms with Crippen LogP contribution in [0.1, 0.15) is 18.9 Å². The van der Waals surface area contributed by atoms with Crippen LogP contribution in [0.2, 0.25) is 0 Å². The van der Waals surface area contributed by atoms with E-state index < -0.39 is 18.1 Å². The van der Waals surface area contributed by atoms with Crippen molar-refractivity contribution >= 4 is 17.8 Å². The number of esters is 1. The number of benzene rings is 1. The Kier molecular flexibility index (Phi) is 4.92. The molecule has 1 aromatic rings. The molecule has 2 atom stereocenters. The number of rotatable bonds is 5. The number of hydrogen-bond acceptors (Lipinski definition) is 4. The van der Waals surface area contributed by atoms with Gasteiger partial charge in [0.1, 0.15) is 12.1 Å². The van der Waals surface area contributed by atoms with Crippen molar-refractivity contribution in [2.24, 2.45) is 0 Å². The average molecular weight is 290 g/mol. The van der Waals surface area contributed by atoms with Gasteiger partial charge >= 0.3 is 5.97 Å². The number of nitrogens with one attached hydrogen (secondary N) is 2. The smallest absolute Gasteiger partial charge is 0.308 e. The minimum atomic E-state index is -0.858. The molecule has 0 spiro atoms. The summed E-state index contributed by atoms with van der Waals surface area (Å²) in [6.07, 6.45) is 0.272. The molecule has 1 heterocycles. The largest absolute Gasteiger partial charge is 0.466 e. The molecule has 6 heteroatoms. The molecule has 1 aromatic carbocycles. The van der Waals surface area contributed by atoms with E-state index in [1.807, 2.05) is 30.3 Å². The Balaban J connectivity index is 1.94. The number of piperazine rings is 1. The third kappa shape index (κ3) is 4.05. The zero-order valence-corrected chi connectivity index (χ0v) is 11.8. The van der Waals surface area contributed by atoms with Crippen LogP contribution in [0.3, 0.4) is 0 Å². The van der Waals surface area contributed by atoms with E-state index in [-0.39, 0.29) is 24.8 Å². The van der Waals surface area contributed by atoms with Crippen molar-refractivity contribution in [3.8, 4) is 0 Å². The molecule has 1 saturated heterocycles. The van der Waals surface area contributed by atoms with Gasteiger partial charge < -0.3 is 15.4 Å². The molecule has 2 rings (SSSR count). The van der Waals surface area contributed by atoms with Gasteiger partial charge in [-0.05, 0) is 12.5 Å². The first kappa shape index (κ1) is 15.0. The van der Waals surface area contributed by atoms with Crippen LogP contribution in [0.25, 0.3) is 0 Å². The van der Waals surface area contributed by atoms with Crippen LogP contribution < -0.4 is 10.6 Å². The molecule has 1 fully saturated rings. The summed E-state index contributed by atoms with van der Waals surface area (Å²) in [5.41, 5.74) is 0.960. The molecule has 1 aliphatic rings. The molecule has 0 radical (unpaired) electrons. The summed E-state index contributed by atoms with van der Waals surface area (Å²) in [4.78, 5) is 35.3. The molecule has 2 N–H and O–H groups in total. The molecule has 0 bridgehead atoms. The van der Waals surface area contributed by atoms with Crippen LogP contribution in [0.15, 0.2) is 30.3 Å². The zero-order chi connectivity index (χ0) is 15.2. The second-order valence-electron chi connectivity index (χ2n) is 4.82. The number of ether oxygens (including phenoxy) is 1. The van der Waals surface area contributed by atoms with Crippen molar-refractivity contribution in [3.63, 3.8) is 0 Å². The second kappa shape index (κ2) is 6.88. The summed E-state index contributed by atoms with van der Waals surface area (Å²) in [6.45, 7) is 1.94. The fraction of sp³-hybridized carbons (Fsp3) is 0.400. The number of carbonyl (C=O) groups excluding carboxylic acids is 3. The SMILES string of the molecule is CCOC(=O)CC1NC(=O)C(Cc2ccccc2)NC1=O. The van der Waals surface area contributed by atoms with E-state index in [1.165, 1.54) is 0 Å². The van der Waals surface area contributed by atoms with Crippen LogP contribution in [-0.4, -0.2) is 36.5 Å². The van der Waals surface area contributed by atoms with Gasteiger partial charge in [0.2, 0.25) is 11.8 Å². The van der Waals surface area contributed by atoms with Gasteiger partial charge in [-0.2, -0.15) is 0 Å². The lowest BCUT2D eigenvalue weighted by molar-refractivity contribution is -0.147. The highest BCUT2D eigenvalue weighted by Gasteiger charge is 2.34. The Labute approximate surface area is 122 Å². The normalized spacial score (nSPS) is 21.4. The van der Waals surface area contributed by atoms with E-state index in [9.17, 15) is 14.4 Å². The maximum Gasteiger partial charge on any atom is 0.308 e. The summed E-state index contributed by atoms with van der Waals surface area (Å²) >= 11 is 0. The lowest BCUT2D eigenvalue weighted by atomic mass is 10.0. The summed E-state index contributed by atoms with van der Waals surface area (Å²) in [6, 6.07) is 7.96. The van der Waals surface area contributed by atoms with Crippen molar-refractivity contribution in [2.45, 2.75) is 31.8 Å². The van der Waals surface area contributed by atoms with E-state index in [1.54, 1.807) is 6.92 Å². The molecule has 1 aliphatic heterocycles. The molecule has 112 valence electrons. The Morgan fingerprint density at radius 2 is 1.71 bits per heavy atom. The van der Waals surface area contributed by atoms with Gasteiger partial charge in [-0.3, -0.25) is 14.4 Å². The summed E-state index contributed by atoms with van der Waals surface area (Å²) in [7, 11) is 0. The predicted octanol–water partition coefficient (Wildman–Crippen LogP) is 0.165. The number of hydrogen-bond donors (Lipinski definition) is 2. The Hall–Kier alpha value is -2.37. The summed E-state index contributed by atoms with van der Waals surface area (Å²) in [5.74, 6) is -1.14. The van der Waals surface area contributed by atoms with Gasteiger partial charge in [0.15, 0.2) is 0 Å². The van der Waals surface area contributed by atoms with Crippen molar-refractivity contribution in [3.05, 3.63) is 35.9 Å². The molecule has 0 saturated carbocycles. The fourth-order valence-corrected chi connectivity index (χ4v) is 2.20. The Bertz CT molecular complexity index is 530. The van der Waals surface area contributed by atoms with E-state index in [4.69, 9.17) is 4.74 Å². The van der Waals surface area contributed by atoms with Crippen LogP contribution in [0, 0.1) is 0 Å². The standard InChI is InChI=1S/C15H18N2O4/c1-2-21-13(18)9-12-15(20)16-11(14(19)17-12)8-10-6-4-3-5-7-10/h3-7,11-12H,2,8-9H2,1H3,(H,16,20)(H,17,19). The van der Waals surface area contributed by atoms with E-state index in [0.29, 0.717) is 6.42 Å². The van der Waals surface area contributed by atoms with E-state index in [2.05, 4.69) is 10.6 Å². The monoisotopic (exact) mass is 290 g/mol. The van der Waals surface area contributed by atoms with Gasteiger partial charge in [-0.25, -0.2) is 0 Å². The maximum atomic E-state index is 12.0. The molecule has 21 heavy (non-hydrogen) atoms. The highest BCUT2D eigenvalue weighted by atomic mass is 16.5. The summed E-state index contributed by atoms with van der Waals surface area (Å²) < 4.78 is 4.78. The van der Waals surface area contributed by atoms with Crippen molar-refractivity contribution in [1.29, 1.82) is 0 Å². The molecule has 2 unspecified atom stereocenters. The molecule has 0 aliphatic carbocycles. The van der Waals surface area contributed by atoms with Gasteiger partial charge in [0.25, 0.3) is 0 Å². The van der Waals surface area contributed by atoms with Crippen LogP contribution in [0.5, 0.6) is 0 Å². The quantitative estimate of drug-likeness (QED) is 0.757. The summed E-state index contributed by atoms with van der Waals surface area (Å²) in [5, 5.41) is 5.23. The average Bonchev–Trinajstić information content (AvgIpc) is 2.45. The maximum absolute atomic E-state index is 12.0. The first-order chi connectivity index (χ1) is 10.1. The molecule has 6 nitrogen and oxygen atoms in total. The van der Waals surface area contributed by atoms with Gasteiger partial charge in [-0.15, -0.1) is 0 Å². The molecule has 2 amide bonds. The molecular formula is C15H18N2O4. The minimum absolute atomic E-state index is 0.149. The third-order valence-corrected chi connectivity index (χ3v) is 3.22. The Morgan fingerprint density at radius 1 is 1.10 bits per heavy atom. The lowest BCUT2D eigenvalue weighted by Gasteiger charge is -2.29. The van der Waals surface area contributed by atoms with E-state index in [0.717, 1.165) is 5.56 Å². The van der Waals surface area contributed by atoms with Crippen LogP contribution in [0.4, 0.5) is 0 Å². The fourth-order valence-electron chi connectivity index (χ4n) is 2.20. The predicted molar refractivity (Wildman–Crippen MR) is 75.3 cm³/mol. The van der Waals surface area contributed by atoms with Crippen molar-refractivity contribution in [2.75, 3.05) is 6.61 Å². The van der Waals surface area contributed by atoms with Crippen molar-refractivity contribution < 1.29 is 19.1 Å². The topological polar surface area (TPSA) is 84.5 Å². The zero-order valence-electron chi connectivity index (χ0n) is 11.8. The first-order valence-electron chi connectivity index (χ1n) is 6.90. The van der Waals surface area contributed by atoms with Gasteiger partial charge in [0, 0.05) is 6.42 Å². The van der Waals surface area contributed by atoms with Crippen molar-refractivity contribution in [1.82, 2.24) is 10.6 Å². The van der Waals surface area contributed by atoms with Gasteiger partial charge in [0.05, 0.1) is 13.0 Å². The van der Waals surface area contributed by atoms with E-state index >= 15 is 0 Å². The Morgan fingerprint density at radius 3 is 2.38 bits per heavy atom. The first-order valence-corrected chi connectivity index (χ1v) is 6.90. The number of amides is 2. The van der Waals surface area contributed by atoms with Crippen LogP contribution >= 0.6 is 0 Å². The highest BCUT2D eigenvalue weighted by Crippen LogP contribution is 2.08. The highest BCUT2D eigenvalue weighted by molar-refractivity contribution is 5.98.